The molecule has 0 spiro atoms. The fourth-order valence-corrected chi connectivity index (χ4v) is 3.83. The van der Waals surface area contributed by atoms with Gasteiger partial charge in [0.2, 0.25) is 5.91 Å². The lowest BCUT2D eigenvalue weighted by atomic mass is 9.83. The van der Waals surface area contributed by atoms with E-state index < -0.39 is 0 Å². The van der Waals surface area contributed by atoms with Crippen molar-refractivity contribution in [3.05, 3.63) is 22.9 Å². The molecule has 1 saturated heterocycles. The Kier molecular flexibility index (Phi) is 3.18. The highest BCUT2D eigenvalue weighted by Crippen LogP contribution is 2.60. The molecule has 2 N–H and O–H groups in total. The number of piperidine rings is 1. The van der Waals surface area contributed by atoms with Gasteiger partial charge in [-0.2, -0.15) is 0 Å². The van der Waals surface area contributed by atoms with Crippen LogP contribution < -0.4 is 10.6 Å². The maximum absolute atomic E-state index is 12.4. The third-order valence-electron chi connectivity index (χ3n) is 4.71. The third-order valence-corrected chi connectivity index (χ3v) is 5.14. The number of hydrogen-bond donors (Lipinski definition) is 2. The Morgan fingerprint density at radius 3 is 2.90 bits per heavy atom. The van der Waals surface area contributed by atoms with E-state index in [0.29, 0.717) is 5.92 Å². The number of pyridine rings is 1. The Morgan fingerprint density at radius 1 is 1.55 bits per heavy atom. The first-order valence-electron chi connectivity index (χ1n) is 7.02. The second kappa shape index (κ2) is 4.53. The van der Waals surface area contributed by atoms with Crippen molar-refractivity contribution in [2.45, 2.75) is 45.2 Å². The Balaban J connectivity index is 1.66. The zero-order valence-electron chi connectivity index (χ0n) is 12.0. The van der Waals surface area contributed by atoms with Crippen LogP contribution in [0.4, 0.5) is 5.69 Å². The zero-order valence-corrected chi connectivity index (χ0v) is 13.6. The molecule has 3 rings (SSSR count). The van der Waals surface area contributed by atoms with Crippen LogP contribution >= 0.6 is 15.9 Å². The van der Waals surface area contributed by atoms with Crippen LogP contribution in [0.1, 0.15) is 33.6 Å². The van der Waals surface area contributed by atoms with Gasteiger partial charge in [0.1, 0.15) is 4.60 Å². The molecule has 2 fully saturated rings. The van der Waals surface area contributed by atoms with Crippen molar-refractivity contribution in [3.8, 4) is 0 Å². The average molecular weight is 338 g/mol. The number of anilines is 1. The number of amides is 1. The average Bonchev–Trinajstić information content (AvgIpc) is 2.92. The van der Waals surface area contributed by atoms with Crippen molar-refractivity contribution in [1.29, 1.82) is 0 Å². The van der Waals surface area contributed by atoms with Crippen molar-refractivity contribution in [3.63, 3.8) is 0 Å². The minimum atomic E-state index is -0.0834. The molecule has 0 aromatic carbocycles. The topological polar surface area (TPSA) is 54.0 Å². The van der Waals surface area contributed by atoms with Gasteiger partial charge in [-0.05, 0) is 52.2 Å². The SMILES string of the molecule is CC(C)(C)[C@@]12C[C@H]1C[C@@H](C(=O)Nc1ccnc(Br)c1)N2. The first-order chi connectivity index (χ1) is 9.32. The van der Waals surface area contributed by atoms with Crippen LogP contribution in [-0.4, -0.2) is 22.5 Å². The van der Waals surface area contributed by atoms with Gasteiger partial charge in [-0.15, -0.1) is 0 Å². The van der Waals surface area contributed by atoms with Gasteiger partial charge in [-0.3, -0.25) is 10.1 Å². The van der Waals surface area contributed by atoms with Crippen LogP contribution in [0.5, 0.6) is 0 Å². The molecule has 2 aliphatic rings. The predicted octanol–water partition coefficient (Wildman–Crippen LogP) is 2.95. The summed E-state index contributed by atoms with van der Waals surface area (Å²) in [7, 11) is 0. The maximum Gasteiger partial charge on any atom is 0.241 e. The van der Waals surface area contributed by atoms with E-state index in [4.69, 9.17) is 0 Å². The Labute approximate surface area is 127 Å². The molecule has 1 aliphatic heterocycles. The second-order valence-corrected chi connectivity index (χ2v) is 7.72. The summed E-state index contributed by atoms with van der Waals surface area (Å²) in [5, 5.41) is 6.54. The fraction of sp³-hybridized carbons (Fsp3) is 0.600. The summed E-state index contributed by atoms with van der Waals surface area (Å²) in [6.07, 6.45) is 3.81. The van der Waals surface area contributed by atoms with Crippen molar-refractivity contribution < 1.29 is 4.79 Å². The molecule has 1 aromatic rings. The van der Waals surface area contributed by atoms with E-state index in [1.165, 1.54) is 6.42 Å². The van der Waals surface area contributed by atoms with Gasteiger partial charge in [0.25, 0.3) is 0 Å². The van der Waals surface area contributed by atoms with Gasteiger partial charge in [0.15, 0.2) is 0 Å². The molecule has 0 unspecified atom stereocenters. The second-order valence-electron chi connectivity index (χ2n) is 6.91. The number of rotatable bonds is 2. The van der Waals surface area contributed by atoms with Crippen LogP contribution in [0.2, 0.25) is 0 Å². The molecule has 1 aliphatic carbocycles. The highest BCUT2D eigenvalue weighted by molar-refractivity contribution is 9.10. The van der Waals surface area contributed by atoms with E-state index in [1.807, 2.05) is 6.07 Å². The number of halogens is 1. The Hall–Kier alpha value is -0.940. The standard InChI is InChI=1S/C15H20BrN3O/c1-14(2,3)15-8-9(15)6-11(19-15)13(20)18-10-4-5-17-12(16)7-10/h4-5,7,9,11,19H,6,8H2,1-3H3,(H,17,18,20)/t9-,11+,15-/m1/s1. The van der Waals surface area contributed by atoms with Crippen molar-refractivity contribution in [1.82, 2.24) is 10.3 Å². The highest BCUT2D eigenvalue weighted by atomic mass is 79.9. The van der Waals surface area contributed by atoms with Crippen LogP contribution in [0.25, 0.3) is 0 Å². The molecular weight excluding hydrogens is 318 g/mol. The van der Waals surface area contributed by atoms with Crippen LogP contribution in [0.15, 0.2) is 22.9 Å². The smallest absolute Gasteiger partial charge is 0.241 e. The van der Waals surface area contributed by atoms with Crippen LogP contribution in [0, 0.1) is 11.3 Å². The number of fused-ring (bicyclic) bond motifs is 1. The first-order valence-corrected chi connectivity index (χ1v) is 7.81. The minimum Gasteiger partial charge on any atom is -0.325 e. The number of aromatic nitrogens is 1. The molecule has 108 valence electrons. The minimum absolute atomic E-state index is 0.0546. The largest absolute Gasteiger partial charge is 0.325 e. The number of carbonyl (C=O) groups excluding carboxylic acids is 1. The predicted molar refractivity (Wildman–Crippen MR) is 82.4 cm³/mol. The van der Waals surface area contributed by atoms with E-state index in [9.17, 15) is 4.79 Å². The van der Waals surface area contributed by atoms with Gasteiger partial charge < -0.3 is 5.32 Å². The Morgan fingerprint density at radius 2 is 2.30 bits per heavy atom. The molecule has 1 aromatic heterocycles. The first kappa shape index (κ1) is 14.0. The summed E-state index contributed by atoms with van der Waals surface area (Å²) in [6, 6.07) is 3.53. The van der Waals surface area contributed by atoms with E-state index in [1.54, 1.807) is 12.3 Å². The summed E-state index contributed by atoms with van der Waals surface area (Å²) in [6.45, 7) is 6.75. The lowest BCUT2D eigenvalue weighted by molar-refractivity contribution is -0.118. The van der Waals surface area contributed by atoms with Crippen molar-refractivity contribution in [2.75, 3.05) is 5.32 Å². The molecule has 5 heteroatoms. The number of carbonyl (C=O) groups is 1. The third kappa shape index (κ3) is 2.27. The summed E-state index contributed by atoms with van der Waals surface area (Å²) in [4.78, 5) is 16.4. The summed E-state index contributed by atoms with van der Waals surface area (Å²) in [5.74, 6) is 0.696. The number of nitrogens with zero attached hydrogens (tertiary/aromatic N) is 1. The van der Waals surface area contributed by atoms with Crippen molar-refractivity contribution in [2.24, 2.45) is 11.3 Å². The number of nitrogens with one attached hydrogen (secondary N) is 2. The quantitative estimate of drug-likeness (QED) is 0.816. The molecule has 1 amide bonds. The van der Waals surface area contributed by atoms with Gasteiger partial charge in [0.05, 0.1) is 6.04 Å². The fourth-order valence-electron chi connectivity index (χ4n) is 3.46. The molecular formula is C15H20BrN3O. The van der Waals surface area contributed by atoms with Crippen molar-refractivity contribution >= 4 is 27.5 Å². The number of hydrogen-bond acceptors (Lipinski definition) is 3. The lowest BCUT2D eigenvalue weighted by Gasteiger charge is -2.31. The summed E-state index contributed by atoms with van der Waals surface area (Å²) in [5.41, 5.74) is 1.14. The molecule has 4 nitrogen and oxygen atoms in total. The highest BCUT2D eigenvalue weighted by Gasteiger charge is 2.66. The van der Waals surface area contributed by atoms with Gasteiger partial charge in [-0.1, -0.05) is 20.8 Å². The monoisotopic (exact) mass is 337 g/mol. The molecule has 3 atom stereocenters. The summed E-state index contributed by atoms with van der Waals surface area (Å²) >= 11 is 3.31. The van der Waals surface area contributed by atoms with E-state index in [0.717, 1.165) is 16.7 Å². The van der Waals surface area contributed by atoms with Gasteiger partial charge >= 0.3 is 0 Å². The van der Waals surface area contributed by atoms with E-state index in [-0.39, 0.29) is 22.9 Å². The van der Waals surface area contributed by atoms with Crippen LogP contribution in [0.3, 0.4) is 0 Å². The molecule has 20 heavy (non-hydrogen) atoms. The molecule has 1 saturated carbocycles. The summed E-state index contributed by atoms with van der Waals surface area (Å²) < 4.78 is 0.726. The zero-order chi connectivity index (χ0) is 14.5. The molecule has 2 heterocycles. The molecule has 0 radical (unpaired) electrons. The van der Waals surface area contributed by atoms with Gasteiger partial charge in [0, 0.05) is 17.4 Å². The van der Waals surface area contributed by atoms with Crippen LogP contribution in [-0.2, 0) is 4.79 Å². The normalized spacial score (nSPS) is 31.8. The van der Waals surface area contributed by atoms with Gasteiger partial charge in [-0.25, -0.2) is 4.98 Å². The van der Waals surface area contributed by atoms with E-state index in [2.05, 4.69) is 52.3 Å². The maximum atomic E-state index is 12.4. The Bertz CT molecular complexity index is 554. The lowest BCUT2D eigenvalue weighted by Crippen LogP contribution is -2.48. The van der Waals surface area contributed by atoms with E-state index >= 15 is 0 Å². The molecule has 0 bridgehead atoms.